The number of rotatable bonds is 12. The first-order chi connectivity index (χ1) is 22.3. The van der Waals surface area contributed by atoms with Crippen molar-refractivity contribution in [3.8, 4) is 0 Å². The lowest BCUT2D eigenvalue weighted by Gasteiger charge is -2.40. The number of hydrogen-bond donors (Lipinski definition) is 2. The maximum Gasteiger partial charge on any atom is 0.326 e. The lowest BCUT2D eigenvalue weighted by molar-refractivity contribution is -0.151. The third-order valence-electron chi connectivity index (χ3n) is 12.0. The molecule has 0 radical (unpaired) electrons. The van der Waals surface area contributed by atoms with Crippen molar-refractivity contribution in [1.29, 1.82) is 0 Å². The molecule has 0 bridgehead atoms. The Kier molecular flexibility index (Phi) is 9.75. The number of esters is 1. The summed E-state index contributed by atoms with van der Waals surface area (Å²) in [4.78, 5) is 24.8. The van der Waals surface area contributed by atoms with Gasteiger partial charge in [0, 0.05) is 25.3 Å². The van der Waals surface area contributed by atoms with Crippen molar-refractivity contribution in [3.63, 3.8) is 0 Å². The Morgan fingerprint density at radius 2 is 1.48 bits per heavy atom. The summed E-state index contributed by atoms with van der Waals surface area (Å²) in [6, 6.07) is 0. The van der Waals surface area contributed by atoms with Crippen molar-refractivity contribution < 1.29 is 28.9 Å². The summed E-state index contributed by atoms with van der Waals surface area (Å²) in [5.41, 5.74) is 4.04. The molecule has 48 heavy (non-hydrogen) atoms. The van der Waals surface area contributed by atoms with Crippen LogP contribution in [0.3, 0.4) is 0 Å². The summed E-state index contributed by atoms with van der Waals surface area (Å²) in [6.07, 6.45) is 23.9. The molecule has 1 unspecified atom stereocenters. The summed E-state index contributed by atoms with van der Waals surface area (Å²) < 4.78 is 8.83. The Morgan fingerprint density at radius 3 is 2.06 bits per heavy atom. The largest absolute Gasteiger partial charge is 0.462 e. The fourth-order valence-corrected chi connectivity index (χ4v) is 9.67. The van der Waals surface area contributed by atoms with Crippen LogP contribution in [0.15, 0.2) is 82.5 Å². The number of carbonyl (C=O) groups is 2. The normalized spacial score (nSPS) is 38.1. The monoisotopic (exact) mass is 659 g/mol. The van der Waals surface area contributed by atoms with Crippen molar-refractivity contribution in [2.24, 2.45) is 16.7 Å². The van der Waals surface area contributed by atoms with Crippen LogP contribution in [0, 0.1) is 16.7 Å². The molecule has 3 aliphatic carbocycles. The number of ketones is 1. The Hall–Kier alpha value is -2.80. The van der Waals surface area contributed by atoms with E-state index in [2.05, 4.69) is 102 Å². The van der Waals surface area contributed by atoms with E-state index in [0.29, 0.717) is 6.42 Å². The third-order valence-corrected chi connectivity index (χ3v) is 12.0. The molecular weight excluding hydrogens is 600 g/mol. The Morgan fingerprint density at radius 1 is 0.875 bits per heavy atom. The predicted molar refractivity (Wildman–Crippen MR) is 192 cm³/mol. The number of aliphatic hydroxyl groups excluding tert-OH is 1. The molecule has 3 saturated carbocycles. The van der Waals surface area contributed by atoms with Crippen LogP contribution in [-0.4, -0.2) is 57.1 Å². The molecule has 5 rings (SSSR count). The number of unbranched alkanes of at least 4 members (excludes halogenated alkanes) is 1. The van der Waals surface area contributed by atoms with E-state index in [4.69, 9.17) is 4.74 Å². The van der Waals surface area contributed by atoms with Crippen LogP contribution in [0.1, 0.15) is 114 Å². The summed E-state index contributed by atoms with van der Waals surface area (Å²) in [7, 11) is 0. The van der Waals surface area contributed by atoms with Crippen molar-refractivity contribution in [3.05, 3.63) is 82.5 Å². The lowest BCUT2D eigenvalue weighted by atomic mass is 9.61. The SMILES string of the molecule is CC(=O)O[C@H]1CC(C)(C)/C(=C/C/C(C)=C/C=C/C(C)=C/CC/C=C(C)/C=C/C=C(\C)C(=O)C2[O+]3[C@]4(C)C[C@@H](O)CC(C)(C)[C@]234)[C@@]2(O)C[C@H]12. The first kappa shape index (κ1) is 36.5. The minimum Gasteiger partial charge on any atom is -0.462 e. The van der Waals surface area contributed by atoms with E-state index in [0.717, 1.165) is 49.7 Å². The van der Waals surface area contributed by atoms with Gasteiger partial charge in [-0.05, 0) is 77.2 Å². The molecule has 7 atom stereocenters. The third kappa shape index (κ3) is 6.45. The zero-order chi connectivity index (χ0) is 35.4. The molecule has 2 N–H and O–H groups in total. The van der Waals surface area contributed by atoms with Crippen molar-refractivity contribution in [1.82, 2.24) is 0 Å². The van der Waals surface area contributed by atoms with Gasteiger partial charge in [-0.25, -0.2) is 0 Å². The molecule has 1 spiro atoms. The van der Waals surface area contributed by atoms with Gasteiger partial charge >= 0.3 is 17.7 Å². The number of aliphatic hydroxyl groups is 2. The Bertz CT molecular complexity index is 1540. The highest BCUT2D eigenvalue weighted by atomic mass is 16.9. The molecule has 0 aromatic heterocycles. The average molecular weight is 660 g/mol. The molecule has 2 saturated heterocycles. The first-order valence-corrected chi connectivity index (χ1v) is 17.9. The number of carbonyl (C=O) groups excluding carboxylic acids is 2. The van der Waals surface area contributed by atoms with Crippen LogP contribution in [0.2, 0.25) is 0 Å². The van der Waals surface area contributed by atoms with Crippen LogP contribution in [0.25, 0.3) is 0 Å². The molecule has 6 nitrogen and oxygen atoms in total. The molecule has 0 aromatic carbocycles. The molecule has 0 aromatic rings. The van der Waals surface area contributed by atoms with Gasteiger partial charge in [0.25, 0.3) is 5.60 Å². The van der Waals surface area contributed by atoms with Crippen LogP contribution in [0.5, 0.6) is 0 Å². The van der Waals surface area contributed by atoms with Gasteiger partial charge in [-0.15, -0.1) is 0 Å². The van der Waals surface area contributed by atoms with Gasteiger partial charge in [0.05, 0.1) is 23.5 Å². The second-order valence-electron chi connectivity index (χ2n) is 16.8. The van der Waals surface area contributed by atoms with Gasteiger partial charge in [0.1, 0.15) is 6.10 Å². The van der Waals surface area contributed by atoms with Crippen LogP contribution >= 0.6 is 0 Å². The van der Waals surface area contributed by atoms with E-state index < -0.39 is 5.60 Å². The topological polar surface area (TPSA) is 86.5 Å². The predicted octanol–water partition coefficient (Wildman–Crippen LogP) is 8.29. The second-order valence-corrected chi connectivity index (χ2v) is 16.8. The minimum atomic E-state index is -0.843. The van der Waals surface area contributed by atoms with Crippen LogP contribution < -0.4 is 0 Å². The Labute approximate surface area is 288 Å². The quantitative estimate of drug-likeness (QED) is 0.0419. The fraction of sp³-hybridized carbons (Fsp3) is 0.619. The van der Waals surface area contributed by atoms with Gasteiger partial charge in [-0.3, -0.25) is 9.59 Å². The van der Waals surface area contributed by atoms with Crippen LogP contribution in [-0.2, 0) is 18.7 Å². The molecule has 0 amide bonds. The summed E-state index contributed by atoms with van der Waals surface area (Å²) in [5.74, 6) is -0.0803. The van der Waals surface area contributed by atoms with E-state index in [1.807, 2.05) is 19.1 Å². The van der Waals surface area contributed by atoms with Gasteiger partial charge in [-0.1, -0.05) is 99.1 Å². The highest BCUT2D eigenvalue weighted by Gasteiger charge is 3.11. The molecular formula is C42H59O6+. The van der Waals surface area contributed by atoms with E-state index >= 15 is 0 Å². The van der Waals surface area contributed by atoms with E-state index in [9.17, 15) is 19.8 Å². The highest BCUT2D eigenvalue weighted by Crippen LogP contribution is 2.86. The zero-order valence-corrected chi connectivity index (χ0v) is 31.0. The van der Waals surface area contributed by atoms with E-state index in [1.54, 1.807) is 0 Å². The molecule has 6 heteroatoms. The zero-order valence-electron chi connectivity index (χ0n) is 31.0. The summed E-state index contributed by atoms with van der Waals surface area (Å²) in [6.45, 7) is 20.5. The number of allylic oxidation sites excluding steroid dienone is 12. The molecule has 2 aliphatic heterocycles. The number of hydrogen-bond acceptors (Lipinski definition) is 5. The number of ether oxygens (including phenoxy) is 1. The smallest absolute Gasteiger partial charge is 0.326 e. The maximum atomic E-state index is 13.3. The van der Waals surface area contributed by atoms with Gasteiger partial charge in [-0.2, -0.15) is 0 Å². The lowest BCUT2D eigenvalue weighted by Crippen LogP contribution is -2.53. The maximum absolute atomic E-state index is 13.3. The van der Waals surface area contributed by atoms with Gasteiger partial charge in [0.2, 0.25) is 5.78 Å². The van der Waals surface area contributed by atoms with Gasteiger partial charge in [0.15, 0.2) is 0 Å². The highest BCUT2D eigenvalue weighted by molar-refractivity contribution is 6.03. The Balaban J connectivity index is 1.05. The molecule has 262 valence electrons. The first-order valence-electron chi connectivity index (χ1n) is 17.9. The fourth-order valence-electron chi connectivity index (χ4n) is 9.67. The van der Waals surface area contributed by atoms with Crippen molar-refractivity contribution in [2.45, 2.75) is 149 Å². The number of fused-ring (bicyclic) bond motifs is 2. The molecule has 2 heterocycles. The number of epoxide rings is 2. The number of Topliss-reactive ketones (excluding diaryl/α,β-unsaturated/α-hetero) is 1. The molecule has 5 aliphatic rings. The average Bonchev–Trinajstić information content (AvgIpc) is 3.90. The molecule has 5 fully saturated rings. The van der Waals surface area contributed by atoms with Crippen LogP contribution in [0.4, 0.5) is 0 Å². The summed E-state index contributed by atoms with van der Waals surface area (Å²) in [5, 5.41) is 21.6. The second kappa shape index (κ2) is 12.8. The van der Waals surface area contributed by atoms with Crippen molar-refractivity contribution in [2.75, 3.05) is 0 Å². The van der Waals surface area contributed by atoms with E-state index in [-0.39, 0.29) is 58.0 Å². The van der Waals surface area contributed by atoms with E-state index in [1.165, 1.54) is 23.6 Å². The minimum absolute atomic E-state index is 0.0122. The van der Waals surface area contributed by atoms with Crippen molar-refractivity contribution >= 4 is 11.8 Å². The standard InChI is InChI=1S/C42H59O6/c1-27(17-13-18-29(3)21-22-35-38(6,7)26-34(47-31(5)43)33-25-41(33,35)46)15-11-12-16-28(2)19-14-20-30(4)36(45)37-42-39(8,9)23-32(44)24-40(42,10)48(37)42/h13-20,22,32-34,37,44,46H,11-12,21,23-26H2,1-10H3/q+1/b17-13+,19-14+,27-15+,28-16+,29-18+,30-20+,35-22-/t32-,33+,34-,37?,40+,41+,42-/m0/s1. The summed E-state index contributed by atoms with van der Waals surface area (Å²) >= 11 is 0. The van der Waals surface area contributed by atoms with Gasteiger partial charge < -0.3 is 19.3 Å².